The second kappa shape index (κ2) is 15.4. The molecule has 4 aromatic rings. The van der Waals surface area contributed by atoms with Gasteiger partial charge < -0.3 is 14.4 Å². The zero-order chi connectivity index (χ0) is 35.2. The number of hydroxylamine groups is 2. The lowest BCUT2D eigenvalue weighted by atomic mass is 9.75. The number of hydrogen-bond acceptors (Lipinski definition) is 10. The Morgan fingerprint density at radius 1 is 0.735 bits per heavy atom. The highest BCUT2D eigenvalue weighted by Gasteiger charge is 2.46. The number of nitrogens with zero attached hydrogens (tertiary/aromatic N) is 6. The van der Waals surface area contributed by atoms with Gasteiger partial charge >= 0.3 is 12.2 Å². The maximum atomic E-state index is 12.9. The van der Waals surface area contributed by atoms with E-state index in [-0.39, 0.29) is 13.2 Å². The first kappa shape index (κ1) is 35.8. The minimum atomic E-state index is -0.580. The lowest BCUT2D eigenvalue weighted by Crippen LogP contribution is -2.59. The predicted octanol–water partition coefficient (Wildman–Crippen LogP) is 6.68. The molecule has 49 heavy (non-hydrogen) atoms. The summed E-state index contributed by atoms with van der Waals surface area (Å²) in [5.74, 6) is 1.05. The lowest BCUT2D eigenvalue weighted by Gasteiger charge is -2.50. The molecule has 0 unspecified atom stereocenters. The van der Waals surface area contributed by atoms with Crippen LogP contribution >= 0.6 is 0 Å². The van der Waals surface area contributed by atoms with Crippen molar-refractivity contribution in [1.29, 1.82) is 0 Å². The Bertz CT molecular complexity index is 1660. The Morgan fingerprint density at radius 3 is 1.61 bits per heavy atom. The van der Waals surface area contributed by atoms with E-state index in [1.165, 1.54) is 5.06 Å². The maximum absolute atomic E-state index is 12.9. The molecule has 2 N–H and O–H groups in total. The van der Waals surface area contributed by atoms with Crippen molar-refractivity contribution in [2.45, 2.75) is 78.3 Å². The second-order valence-electron chi connectivity index (χ2n) is 14.1. The summed E-state index contributed by atoms with van der Waals surface area (Å²) in [5, 5.41) is 21.3. The molecule has 13 nitrogen and oxygen atoms in total. The number of pyridine rings is 4. The summed E-state index contributed by atoms with van der Waals surface area (Å²) in [6, 6.07) is 14.9. The van der Waals surface area contributed by atoms with E-state index in [1.807, 2.05) is 77.9 Å². The molecule has 5 heterocycles. The van der Waals surface area contributed by atoms with E-state index in [4.69, 9.17) is 9.47 Å². The van der Waals surface area contributed by atoms with E-state index >= 15 is 0 Å². The first-order valence-corrected chi connectivity index (χ1v) is 16.8. The van der Waals surface area contributed by atoms with Crippen molar-refractivity contribution in [3.8, 4) is 0 Å². The number of hydrogen-bond donors (Lipinski definition) is 2. The number of aryl methyl sites for hydroxylation is 2. The van der Waals surface area contributed by atoms with E-state index in [9.17, 15) is 14.8 Å². The molecule has 1 fully saturated rings. The van der Waals surface area contributed by atoms with Gasteiger partial charge in [0.1, 0.15) is 11.6 Å². The Labute approximate surface area is 287 Å². The third-order valence-electron chi connectivity index (χ3n) is 8.74. The number of carbonyl (C=O) groups excluding carboxylic acids is 2. The van der Waals surface area contributed by atoms with Gasteiger partial charge in [0.05, 0.1) is 13.2 Å². The van der Waals surface area contributed by atoms with E-state index < -0.39 is 23.3 Å². The number of aromatic nitrogens is 4. The molecule has 0 aromatic carbocycles. The summed E-state index contributed by atoms with van der Waals surface area (Å²) in [5.41, 5.74) is 1.85. The monoisotopic (exact) mass is 671 g/mol. The van der Waals surface area contributed by atoms with Gasteiger partial charge in [0.2, 0.25) is 0 Å². The summed E-state index contributed by atoms with van der Waals surface area (Å²) in [6.07, 6.45) is 1.60. The van der Waals surface area contributed by atoms with E-state index in [0.717, 1.165) is 41.5 Å². The number of ether oxygens (including phenoxy) is 2. The number of piperidine rings is 1. The van der Waals surface area contributed by atoms with Crippen LogP contribution in [0.4, 0.5) is 21.2 Å². The Hall–Kier alpha value is -4.46. The molecule has 1 aliphatic rings. The third-order valence-corrected chi connectivity index (χ3v) is 8.74. The van der Waals surface area contributed by atoms with Crippen molar-refractivity contribution in [2.24, 2.45) is 5.92 Å². The molecule has 2 amide bonds. The third kappa shape index (κ3) is 9.80. The van der Waals surface area contributed by atoms with Crippen LogP contribution in [0, 0.1) is 19.8 Å². The molecule has 13 heteroatoms. The van der Waals surface area contributed by atoms with Crippen LogP contribution in [-0.4, -0.2) is 86.0 Å². The number of fused-ring (bicyclic) bond motifs is 2. The molecule has 0 atom stereocenters. The summed E-state index contributed by atoms with van der Waals surface area (Å²) in [7, 11) is 0. The molecule has 0 spiro atoms. The van der Waals surface area contributed by atoms with Gasteiger partial charge in [-0.2, -0.15) is 0 Å². The minimum Gasteiger partial charge on any atom is -0.449 e. The van der Waals surface area contributed by atoms with Gasteiger partial charge in [0.25, 0.3) is 0 Å². The molecule has 0 bridgehead atoms. The normalized spacial score (nSPS) is 16.2. The molecule has 4 aromatic heterocycles. The van der Waals surface area contributed by atoms with Crippen LogP contribution in [0.1, 0.15) is 64.8 Å². The first-order valence-electron chi connectivity index (χ1n) is 16.8. The number of amides is 2. The number of rotatable bonds is 12. The molecule has 1 aliphatic heterocycles. The number of nitrogens with one attached hydrogen (secondary N) is 2. The summed E-state index contributed by atoms with van der Waals surface area (Å²) in [6.45, 7) is 14.3. The molecule has 5 rings (SSSR count). The zero-order valence-electron chi connectivity index (χ0n) is 29.3. The van der Waals surface area contributed by atoms with Crippen LogP contribution in [-0.2, 0) is 14.7 Å². The van der Waals surface area contributed by atoms with E-state index in [0.29, 0.717) is 54.8 Å². The highest BCUT2D eigenvalue weighted by atomic mass is 16.6. The van der Waals surface area contributed by atoms with Crippen LogP contribution in [0.25, 0.3) is 22.1 Å². The van der Waals surface area contributed by atoms with Gasteiger partial charge in [-0.05, 0) is 122 Å². The standard InChI is InChI=1S/C36H47N8O5/c1-24-9-11-27-13-15-29(39-31(27)37-24)41-33(45)48-19-7-17-43(23-26-21-35(3,4)44(47)36(5,6)22-26)18-8-20-49-34(46)42-30-16-14-28-12-10-25(2)38-32(28)40-30/h9-16,26H,7-8,17-23H2,1-6H3,(H,37,39,41,45)(H,38,40,42,46). The fourth-order valence-corrected chi connectivity index (χ4v) is 6.77. The van der Waals surface area contributed by atoms with Crippen molar-refractivity contribution in [3.63, 3.8) is 0 Å². The summed E-state index contributed by atoms with van der Waals surface area (Å²) < 4.78 is 11.0. The molecule has 0 aliphatic carbocycles. The largest absolute Gasteiger partial charge is 0.449 e. The molecule has 261 valence electrons. The van der Waals surface area contributed by atoms with Crippen LogP contribution in [0.5, 0.6) is 0 Å². The molecule has 0 saturated carbocycles. The van der Waals surface area contributed by atoms with E-state index in [1.54, 1.807) is 12.1 Å². The van der Waals surface area contributed by atoms with Crippen molar-refractivity contribution in [3.05, 3.63) is 59.9 Å². The second-order valence-corrected chi connectivity index (χ2v) is 14.1. The van der Waals surface area contributed by atoms with Gasteiger partial charge in [-0.15, -0.1) is 10.3 Å². The van der Waals surface area contributed by atoms with Crippen molar-refractivity contribution >= 4 is 45.9 Å². The average Bonchev–Trinajstić information content (AvgIpc) is 3.03. The van der Waals surface area contributed by atoms with Crippen molar-refractivity contribution < 1.29 is 24.3 Å². The number of anilines is 2. The lowest BCUT2D eigenvalue weighted by molar-refractivity contribution is -0.294. The Kier molecular flexibility index (Phi) is 11.3. The fourth-order valence-electron chi connectivity index (χ4n) is 6.77. The molecular formula is C36H47N8O5. The highest BCUT2D eigenvalue weighted by Crippen LogP contribution is 2.40. The van der Waals surface area contributed by atoms with Crippen LogP contribution < -0.4 is 10.6 Å². The predicted molar refractivity (Wildman–Crippen MR) is 188 cm³/mol. The van der Waals surface area contributed by atoms with Crippen LogP contribution in [0.3, 0.4) is 0 Å². The van der Waals surface area contributed by atoms with Crippen LogP contribution in [0.2, 0.25) is 0 Å². The van der Waals surface area contributed by atoms with Gasteiger partial charge in [0, 0.05) is 52.9 Å². The highest BCUT2D eigenvalue weighted by molar-refractivity contribution is 5.86. The van der Waals surface area contributed by atoms with E-state index in [2.05, 4.69) is 35.5 Å². The number of carbonyl (C=O) groups is 2. The molecule has 1 radical (unpaired) electrons. The van der Waals surface area contributed by atoms with Crippen molar-refractivity contribution in [2.75, 3.05) is 43.5 Å². The molecular weight excluding hydrogens is 624 g/mol. The molecule has 1 saturated heterocycles. The summed E-state index contributed by atoms with van der Waals surface area (Å²) >= 11 is 0. The summed E-state index contributed by atoms with van der Waals surface area (Å²) in [4.78, 5) is 45.0. The van der Waals surface area contributed by atoms with Crippen LogP contribution in [0.15, 0.2) is 48.5 Å². The topological polar surface area (TPSA) is 155 Å². The SMILES string of the molecule is Cc1ccc2ccc(NC(=O)OCCCN(CCCOC(=O)Nc3ccc4ccc(C)nc4n3)CC3CC(C)(C)N([O])C(C)(C)C3)nc2n1. The fraction of sp³-hybridized carbons (Fsp3) is 0.500. The Balaban J connectivity index is 1.11. The zero-order valence-corrected chi connectivity index (χ0v) is 29.3. The van der Waals surface area contributed by atoms with Gasteiger partial charge in [-0.3, -0.25) is 10.6 Å². The maximum Gasteiger partial charge on any atom is 0.412 e. The smallest absolute Gasteiger partial charge is 0.412 e. The van der Waals surface area contributed by atoms with Gasteiger partial charge in [0.15, 0.2) is 11.3 Å². The average molecular weight is 672 g/mol. The minimum absolute atomic E-state index is 0.218. The van der Waals surface area contributed by atoms with Crippen molar-refractivity contribution in [1.82, 2.24) is 29.9 Å². The van der Waals surface area contributed by atoms with Gasteiger partial charge in [-0.1, -0.05) is 0 Å². The first-order chi connectivity index (χ1) is 23.3. The quantitative estimate of drug-likeness (QED) is 0.156. The Morgan fingerprint density at radius 2 is 1.16 bits per heavy atom. The van der Waals surface area contributed by atoms with Gasteiger partial charge in [-0.25, -0.2) is 29.5 Å².